The van der Waals surface area contributed by atoms with E-state index in [1.165, 1.54) is 12.3 Å². The quantitative estimate of drug-likeness (QED) is 0.719. The molecule has 2 aromatic heterocycles. The van der Waals surface area contributed by atoms with Crippen molar-refractivity contribution in [2.24, 2.45) is 11.8 Å². The van der Waals surface area contributed by atoms with E-state index in [-0.39, 0.29) is 11.9 Å². The van der Waals surface area contributed by atoms with Crippen molar-refractivity contribution in [2.75, 3.05) is 26.0 Å². The standard InChI is InChI=1S/C22H28F3N5O2/c1-11(2)30-18(20-15-5-13(6-16(15)20)29(3)14-9-31-10-14)7-17(28-30)12-4-19(21(26)27-8-12)32-22(23,24)25/h4,7-8,11,13-16,20H,5-6,9-10H2,1-3H3,(H2,26,27)/t13?,15-,16+,20?. The molecule has 2 N–H and O–H groups in total. The molecule has 174 valence electrons. The van der Waals surface area contributed by atoms with E-state index in [2.05, 4.69) is 35.5 Å². The van der Waals surface area contributed by atoms with Crippen LogP contribution in [0.15, 0.2) is 18.3 Å². The van der Waals surface area contributed by atoms with Gasteiger partial charge in [-0.25, -0.2) is 4.98 Å². The number of nitrogens with zero attached hydrogens (tertiary/aromatic N) is 4. The predicted octanol–water partition coefficient (Wildman–Crippen LogP) is 3.83. The average molecular weight is 451 g/mol. The van der Waals surface area contributed by atoms with Crippen molar-refractivity contribution < 1.29 is 22.6 Å². The first-order valence-corrected chi connectivity index (χ1v) is 11.0. The van der Waals surface area contributed by atoms with Gasteiger partial charge in [0.2, 0.25) is 0 Å². The minimum atomic E-state index is -4.84. The Morgan fingerprint density at radius 2 is 1.88 bits per heavy atom. The van der Waals surface area contributed by atoms with Gasteiger partial charge in [0, 0.05) is 35.5 Å². The van der Waals surface area contributed by atoms with E-state index >= 15 is 0 Å². The van der Waals surface area contributed by atoms with Crippen molar-refractivity contribution in [3.8, 4) is 17.0 Å². The highest BCUT2D eigenvalue weighted by Gasteiger charge is 2.59. The van der Waals surface area contributed by atoms with E-state index in [0.29, 0.717) is 41.1 Å². The zero-order valence-electron chi connectivity index (χ0n) is 18.3. The first-order chi connectivity index (χ1) is 15.1. The van der Waals surface area contributed by atoms with E-state index < -0.39 is 12.1 Å². The summed E-state index contributed by atoms with van der Waals surface area (Å²) in [6.45, 7) is 5.77. The summed E-state index contributed by atoms with van der Waals surface area (Å²) in [5, 5.41) is 4.71. The molecule has 2 aromatic rings. The van der Waals surface area contributed by atoms with Crippen LogP contribution >= 0.6 is 0 Å². The number of rotatable bonds is 6. The van der Waals surface area contributed by atoms with Crippen LogP contribution < -0.4 is 10.5 Å². The van der Waals surface area contributed by atoms with Crippen molar-refractivity contribution in [3.63, 3.8) is 0 Å². The first kappa shape index (κ1) is 21.5. The second kappa shape index (κ2) is 7.62. The SMILES string of the molecule is CC(C)n1nc(-c2cnc(N)c(OC(F)(F)F)c2)cc1C1[C@H]2CC(N(C)C3COC3)C[C@@H]12. The molecule has 3 aliphatic rings. The van der Waals surface area contributed by atoms with E-state index in [9.17, 15) is 13.2 Å². The fraction of sp³-hybridized carbons (Fsp3) is 0.636. The van der Waals surface area contributed by atoms with Crippen LogP contribution in [-0.4, -0.2) is 58.4 Å². The summed E-state index contributed by atoms with van der Waals surface area (Å²) in [4.78, 5) is 6.36. The van der Waals surface area contributed by atoms with Gasteiger partial charge >= 0.3 is 6.36 Å². The van der Waals surface area contributed by atoms with E-state index in [1.54, 1.807) is 0 Å². The molecule has 3 fully saturated rings. The molecule has 1 saturated heterocycles. The molecule has 2 saturated carbocycles. The monoisotopic (exact) mass is 451 g/mol. The van der Waals surface area contributed by atoms with Crippen LogP contribution in [0.1, 0.15) is 44.3 Å². The number of fused-ring (bicyclic) bond motifs is 1. The Morgan fingerprint density at radius 1 is 1.19 bits per heavy atom. The summed E-state index contributed by atoms with van der Waals surface area (Å²) in [5.74, 6) is 0.870. The summed E-state index contributed by atoms with van der Waals surface area (Å²) in [6.07, 6.45) is -1.08. The molecule has 4 atom stereocenters. The molecule has 0 spiro atoms. The number of alkyl halides is 3. The van der Waals surface area contributed by atoms with Gasteiger partial charge in [0.05, 0.1) is 24.9 Å². The summed E-state index contributed by atoms with van der Waals surface area (Å²) in [7, 11) is 2.20. The zero-order valence-corrected chi connectivity index (χ0v) is 18.3. The van der Waals surface area contributed by atoms with Gasteiger partial charge in [0.25, 0.3) is 0 Å². The minimum Gasteiger partial charge on any atom is -0.402 e. The number of nitrogen functional groups attached to an aromatic ring is 1. The second-order valence-corrected chi connectivity index (χ2v) is 9.48. The third-order valence-corrected chi connectivity index (χ3v) is 7.19. The highest BCUT2D eigenvalue weighted by Crippen LogP contribution is 2.64. The maximum atomic E-state index is 12.7. The highest BCUT2D eigenvalue weighted by atomic mass is 19.4. The molecule has 10 heteroatoms. The van der Waals surface area contributed by atoms with Gasteiger partial charge in [-0.1, -0.05) is 0 Å². The molecule has 2 unspecified atom stereocenters. The Morgan fingerprint density at radius 3 is 2.44 bits per heavy atom. The molecule has 7 nitrogen and oxygen atoms in total. The third-order valence-electron chi connectivity index (χ3n) is 7.19. The molecule has 0 bridgehead atoms. The Hall–Kier alpha value is -2.33. The number of hydrogen-bond donors (Lipinski definition) is 1. The molecule has 0 aromatic carbocycles. The lowest BCUT2D eigenvalue weighted by molar-refractivity contribution is -0.274. The number of halogens is 3. The lowest BCUT2D eigenvalue weighted by atomic mass is 10.0. The number of ether oxygens (including phenoxy) is 2. The van der Waals surface area contributed by atoms with Crippen LogP contribution in [0.25, 0.3) is 11.3 Å². The number of hydrogen-bond acceptors (Lipinski definition) is 6. The van der Waals surface area contributed by atoms with Crippen LogP contribution in [0.5, 0.6) is 5.75 Å². The average Bonchev–Trinajstić information content (AvgIpc) is 3.04. The number of aromatic nitrogens is 3. The fourth-order valence-electron chi connectivity index (χ4n) is 5.35. The number of nitrogens with two attached hydrogens (primary N) is 1. The van der Waals surface area contributed by atoms with Crippen LogP contribution in [0.2, 0.25) is 0 Å². The van der Waals surface area contributed by atoms with Gasteiger partial charge in [0.15, 0.2) is 11.6 Å². The van der Waals surface area contributed by atoms with Gasteiger partial charge in [-0.2, -0.15) is 5.10 Å². The summed E-state index contributed by atoms with van der Waals surface area (Å²) in [6, 6.07) is 4.51. The molecule has 3 heterocycles. The van der Waals surface area contributed by atoms with Crippen molar-refractivity contribution >= 4 is 5.82 Å². The van der Waals surface area contributed by atoms with Gasteiger partial charge in [-0.05, 0) is 57.7 Å². The second-order valence-electron chi connectivity index (χ2n) is 9.48. The molecule has 0 amide bonds. The Kier molecular flexibility index (Phi) is 5.12. The van der Waals surface area contributed by atoms with Gasteiger partial charge in [0.1, 0.15) is 0 Å². The summed E-state index contributed by atoms with van der Waals surface area (Å²) in [5.41, 5.74) is 7.76. The molecule has 2 aliphatic carbocycles. The summed E-state index contributed by atoms with van der Waals surface area (Å²) >= 11 is 0. The topological polar surface area (TPSA) is 78.4 Å². The number of anilines is 1. The molecule has 32 heavy (non-hydrogen) atoms. The van der Waals surface area contributed by atoms with E-state index in [4.69, 9.17) is 15.6 Å². The maximum absolute atomic E-state index is 12.7. The molecule has 5 rings (SSSR count). The number of pyridine rings is 1. The first-order valence-electron chi connectivity index (χ1n) is 11.0. The van der Waals surface area contributed by atoms with Gasteiger partial charge in [-0.15, -0.1) is 13.2 Å². The van der Waals surface area contributed by atoms with Crippen molar-refractivity contribution in [2.45, 2.75) is 57.1 Å². The molecule has 1 aliphatic heterocycles. The minimum absolute atomic E-state index is 0.137. The fourth-order valence-corrected chi connectivity index (χ4v) is 5.35. The van der Waals surface area contributed by atoms with Gasteiger partial charge in [-0.3, -0.25) is 9.58 Å². The normalized spacial score (nSPS) is 27.6. The predicted molar refractivity (Wildman–Crippen MR) is 112 cm³/mol. The third kappa shape index (κ3) is 3.83. The zero-order chi connectivity index (χ0) is 22.8. The van der Waals surface area contributed by atoms with Crippen LogP contribution in [0.4, 0.5) is 19.0 Å². The smallest absolute Gasteiger partial charge is 0.402 e. The Bertz CT molecular complexity index is 992. The molecule has 0 radical (unpaired) electrons. The van der Waals surface area contributed by atoms with E-state index in [0.717, 1.165) is 31.7 Å². The van der Waals surface area contributed by atoms with Crippen molar-refractivity contribution in [3.05, 3.63) is 24.0 Å². The van der Waals surface area contributed by atoms with Crippen molar-refractivity contribution in [1.82, 2.24) is 19.7 Å². The van der Waals surface area contributed by atoms with E-state index in [1.807, 2.05) is 10.7 Å². The Balaban J connectivity index is 1.36. The summed E-state index contributed by atoms with van der Waals surface area (Å²) < 4.78 is 49.5. The molecular formula is C22H28F3N5O2. The van der Waals surface area contributed by atoms with Crippen LogP contribution in [0.3, 0.4) is 0 Å². The van der Waals surface area contributed by atoms with Crippen molar-refractivity contribution in [1.29, 1.82) is 0 Å². The number of likely N-dealkylation sites (N-methyl/N-ethyl adjacent to an activating group) is 1. The van der Waals surface area contributed by atoms with Gasteiger partial charge < -0.3 is 15.2 Å². The van der Waals surface area contributed by atoms with Crippen LogP contribution in [0, 0.1) is 11.8 Å². The Labute approximate surface area is 184 Å². The highest BCUT2D eigenvalue weighted by molar-refractivity contribution is 5.64. The lowest BCUT2D eigenvalue weighted by Crippen LogP contribution is -2.51. The lowest BCUT2D eigenvalue weighted by Gasteiger charge is -2.39. The maximum Gasteiger partial charge on any atom is 0.573 e. The van der Waals surface area contributed by atoms with Crippen LogP contribution in [-0.2, 0) is 4.74 Å². The molecular weight excluding hydrogens is 423 g/mol. The largest absolute Gasteiger partial charge is 0.573 e.